The lowest BCUT2D eigenvalue weighted by molar-refractivity contribution is 0.511. The topological polar surface area (TPSA) is 30.7 Å². The van der Waals surface area contributed by atoms with E-state index in [2.05, 4.69) is 24.2 Å². The van der Waals surface area contributed by atoms with Gasteiger partial charge in [0.05, 0.1) is 5.69 Å². The van der Waals surface area contributed by atoms with Gasteiger partial charge in [0.25, 0.3) is 5.95 Å². The summed E-state index contributed by atoms with van der Waals surface area (Å²) in [5.41, 5.74) is 0.636. The number of aryl methyl sites for hydroxylation is 1. The van der Waals surface area contributed by atoms with E-state index >= 15 is 0 Å². The Labute approximate surface area is 77.9 Å². The predicted molar refractivity (Wildman–Crippen MR) is 48.8 cm³/mol. The number of aromatic nitrogens is 3. The highest BCUT2D eigenvalue weighted by atomic mass is 19.1. The van der Waals surface area contributed by atoms with Crippen molar-refractivity contribution in [2.45, 2.75) is 40.2 Å². The average molecular weight is 185 g/mol. The molecule has 0 radical (unpaired) electrons. The maximum Gasteiger partial charge on any atom is 0.255 e. The molecule has 4 heteroatoms. The van der Waals surface area contributed by atoms with E-state index < -0.39 is 5.95 Å². The van der Waals surface area contributed by atoms with Crippen LogP contribution in [0.3, 0.4) is 0 Å². The molecule has 0 aliphatic heterocycles. The molecule has 3 nitrogen and oxygen atoms in total. The van der Waals surface area contributed by atoms with Crippen LogP contribution in [0.25, 0.3) is 0 Å². The van der Waals surface area contributed by atoms with Gasteiger partial charge < -0.3 is 0 Å². The molecule has 1 rings (SSSR count). The first-order valence-electron chi connectivity index (χ1n) is 4.73. The van der Waals surface area contributed by atoms with Crippen molar-refractivity contribution in [2.24, 2.45) is 5.92 Å². The maximum absolute atomic E-state index is 13.1. The lowest BCUT2D eigenvalue weighted by Gasteiger charge is -2.06. The number of nitrogens with zero attached hydrogens (tertiary/aromatic N) is 3. The summed E-state index contributed by atoms with van der Waals surface area (Å²) in [5, 5.41) is 7.18. The van der Waals surface area contributed by atoms with Crippen LogP contribution in [0, 0.1) is 11.9 Å². The summed E-state index contributed by atoms with van der Waals surface area (Å²) < 4.78 is 14.8. The van der Waals surface area contributed by atoms with Crippen molar-refractivity contribution >= 4 is 0 Å². The molecule has 0 aliphatic carbocycles. The van der Waals surface area contributed by atoms with Gasteiger partial charge in [-0.3, -0.25) is 0 Å². The first-order valence-corrected chi connectivity index (χ1v) is 4.73. The Bertz CT molecular complexity index is 268. The second-order valence-corrected chi connectivity index (χ2v) is 3.65. The van der Waals surface area contributed by atoms with E-state index in [0.29, 0.717) is 18.0 Å². The van der Waals surface area contributed by atoms with Crippen molar-refractivity contribution in [3.05, 3.63) is 11.6 Å². The molecule has 0 aliphatic rings. The Balaban J connectivity index is 2.81. The van der Waals surface area contributed by atoms with Gasteiger partial charge in [-0.1, -0.05) is 31.1 Å². The fraction of sp³-hybridized carbons (Fsp3) is 0.778. The van der Waals surface area contributed by atoms with Gasteiger partial charge >= 0.3 is 0 Å². The highest BCUT2D eigenvalue weighted by Crippen LogP contribution is 2.10. The largest absolute Gasteiger partial charge is 0.255 e. The van der Waals surface area contributed by atoms with Gasteiger partial charge in [0, 0.05) is 6.54 Å². The maximum atomic E-state index is 13.1. The minimum atomic E-state index is -0.415. The van der Waals surface area contributed by atoms with Crippen LogP contribution < -0.4 is 0 Å². The summed E-state index contributed by atoms with van der Waals surface area (Å²) in [6.07, 6.45) is 1.66. The third-order valence-corrected chi connectivity index (χ3v) is 1.83. The summed E-state index contributed by atoms with van der Waals surface area (Å²) in [6, 6.07) is 0. The molecule has 74 valence electrons. The van der Waals surface area contributed by atoms with Crippen molar-refractivity contribution in [2.75, 3.05) is 0 Å². The van der Waals surface area contributed by atoms with Crippen LogP contribution in [-0.2, 0) is 13.0 Å². The van der Waals surface area contributed by atoms with Crippen molar-refractivity contribution in [1.82, 2.24) is 15.0 Å². The molecule has 0 saturated heterocycles. The van der Waals surface area contributed by atoms with Crippen molar-refractivity contribution < 1.29 is 4.39 Å². The first-order chi connectivity index (χ1) is 6.15. The lowest BCUT2D eigenvalue weighted by Crippen LogP contribution is -2.08. The van der Waals surface area contributed by atoms with Crippen LogP contribution in [0.4, 0.5) is 4.39 Å². The van der Waals surface area contributed by atoms with E-state index in [-0.39, 0.29) is 0 Å². The van der Waals surface area contributed by atoms with E-state index in [1.807, 2.05) is 6.92 Å². The van der Waals surface area contributed by atoms with E-state index in [1.54, 1.807) is 4.68 Å². The van der Waals surface area contributed by atoms with E-state index in [4.69, 9.17) is 0 Å². The van der Waals surface area contributed by atoms with E-state index in [9.17, 15) is 4.39 Å². The van der Waals surface area contributed by atoms with Crippen LogP contribution >= 0.6 is 0 Å². The molecule has 0 aromatic carbocycles. The number of hydrogen-bond acceptors (Lipinski definition) is 2. The molecule has 0 unspecified atom stereocenters. The summed E-state index contributed by atoms with van der Waals surface area (Å²) in [7, 11) is 0. The molecule has 0 amide bonds. The first kappa shape index (κ1) is 10.2. The molecule has 1 aromatic rings. The molecule has 0 spiro atoms. The summed E-state index contributed by atoms with van der Waals surface area (Å²) in [5.74, 6) is 0.0192. The third kappa shape index (κ3) is 2.50. The Hall–Kier alpha value is -0.930. The number of rotatable bonds is 4. The van der Waals surface area contributed by atoms with Crippen LogP contribution in [0.2, 0.25) is 0 Å². The monoisotopic (exact) mass is 185 g/mol. The van der Waals surface area contributed by atoms with Crippen molar-refractivity contribution in [3.8, 4) is 0 Å². The van der Waals surface area contributed by atoms with Crippen LogP contribution in [0.15, 0.2) is 0 Å². The quantitative estimate of drug-likeness (QED) is 0.718. The van der Waals surface area contributed by atoms with Gasteiger partial charge in [0.15, 0.2) is 0 Å². The SMILES string of the molecule is CCCn1nnc(F)c1CC(C)C. The molecule has 0 atom stereocenters. The zero-order chi connectivity index (χ0) is 9.84. The molecule has 1 aromatic heterocycles. The second kappa shape index (κ2) is 4.35. The summed E-state index contributed by atoms with van der Waals surface area (Å²) in [6.45, 7) is 6.91. The van der Waals surface area contributed by atoms with Crippen LogP contribution in [0.1, 0.15) is 32.9 Å². The van der Waals surface area contributed by atoms with E-state index in [0.717, 1.165) is 13.0 Å². The highest BCUT2D eigenvalue weighted by Gasteiger charge is 2.12. The Morgan fingerprint density at radius 2 is 2.15 bits per heavy atom. The van der Waals surface area contributed by atoms with Gasteiger partial charge in [-0.2, -0.15) is 4.39 Å². The van der Waals surface area contributed by atoms with Crippen LogP contribution in [0.5, 0.6) is 0 Å². The van der Waals surface area contributed by atoms with Gasteiger partial charge in [-0.25, -0.2) is 4.68 Å². The minimum absolute atomic E-state index is 0.415. The molecule has 13 heavy (non-hydrogen) atoms. The third-order valence-electron chi connectivity index (χ3n) is 1.83. The summed E-state index contributed by atoms with van der Waals surface area (Å²) >= 11 is 0. The zero-order valence-corrected chi connectivity index (χ0v) is 8.42. The fourth-order valence-corrected chi connectivity index (χ4v) is 1.28. The molecular formula is C9H16FN3. The Morgan fingerprint density at radius 3 is 2.69 bits per heavy atom. The lowest BCUT2D eigenvalue weighted by atomic mass is 10.1. The van der Waals surface area contributed by atoms with Gasteiger partial charge in [-0.15, -0.1) is 0 Å². The summed E-state index contributed by atoms with van der Waals surface area (Å²) in [4.78, 5) is 0. The number of halogens is 1. The van der Waals surface area contributed by atoms with Gasteiger partial charge in [0.2, 0.25) is 0 Å². The number of hydrogen-bond donors (Lipinski definition) is 0. The van der Waals surface area contributed by atoms with Gasteiger partial charge in [0.1, 0.15) is 0 Å². The van der Waals surface area contributed by atoms with Crippen LogP contribution in [-0.4, -0.2) is 15.0 Å². The normalized spacial score (nSPS) is 11.2. The van der Waals surface area contributed by atoms with E-state index in [1.165, 1.54) is 0 Å². The average Bonchev–Trinajstić information content (AvgIpc) is 2.36. The molecular weight excluding hydrogens is 169 g/mol. The van der Waals surface area contributed by atoms with Crippen molar-refractivity contribution in [1.29, 1.82) is 0 Å². The standard InChI is InChI=1S/C9H16FN3/c1-4-5-13-8(6-7(2)3)9(10)11-12-13/h7H,4-6H2,1-3H3. The molecule has 0 fully saturated rings. The second-order valence-electron chi connectivity index (χ2n) is 3.65. The van der Waals surface area contributed by atoms with Gasteiger partial charge in [-0.05, 0) is 18.8 Å². The zero-order valence-electron chi connectivity index (χ0n) is 8.42. The smallest absolute Gasteiger partial charge is 0.246 e. The molecule has 0 bridgehead atoms. The Kier molecular flexibility index (Phi) is 3.39. The highest BCUT2D eigenvalue weighted by molar-refractivity contribution is 4.98. The predicted octanol–water partition coefficient (Wildman–Crippen LogP) is 2.03. The van der Waals surface area contributed by atoms with Crippen molar-refractivity contribution in [3.63, 3.8) is 0 Å². The molecule has 1 heterocycles. The molecule has 0 N–H and O–H groups in total. The Morgan fingerprint density at radius 1 is 1.46 bits per heavy atom. The fourth-order valence-electron chi connectivity index (χ4n) is 1.28. The molecule has 0 saturated carbocycles. The minimum Gasteiger partial charge on any atom is -0.246 e.